The second-order valence-electron chi connectivity index (χ2n) is 7.87. The summed E-state index contributed by atoms with van der Waals surface area (Å²) in [5, 5.41) is 32.9. The molecular formula is C26H17N3O10. The van der Waals surface area contributed by atoms with Gasteiger partial charge in [0, 0.05) is 18.2 Å². The van der Waals surface area contributed by atoms with Crippen LogP contribution >= 0.6 is 0 Å². The minimum atomic E-state index is -0.789. The standard InChI is InChI=1S/C26H17N3O10/c30-26(37-16-17-1-8-21(9-2-17)38-22-12-5-19(6-13-22)27(31)32)18-3-10-23(11-4-18)39-25-14-7-20(28(33)34)15-24(25)29(35)36/h1-15H,16H2. The highest BCUT2D eigenvalue weighted by Gasteiger charge is 2.21. The summed E-state index contributed by atoms with van der Waals surface area (Å²) >= 11 is 0. The Balaban J connectivity index is 1.33. The first-order valence-corrected chi connectivity index (χ1v) is 11.1. The Morgan fingerprint density at radius 3 is 1.69 bits per heavy atom. The predicted octanol–water partition coefficient (Wildman–Crippen LogP) is 6.35. The van der Waals surface area contributed by atoms with Crippen molar-refractivity contribution in [3.63, 3.8) is 0 Å². The van der Waals surface area contributed by atoms with E-state index < -0.39 is 32.1 Å². The van der Waals surface area contributed by atoms with Crippen LogP contribution in [0.1, 0.15) is 15.9 Å². The van der Waals surface area contributed by atoms with Crippen molar-refractivity contribution in [1.29, 1.82) is 0 Å². The van der Waals surface area contributed by atoms with Gasteiger partial charge in [0.15, 0.2) is 0 Å². The van der Waals surface area contributed by atoms with Crippen molar-refractivity contribution in [3.05, 3.63) is 132 Å². The van der Waals surface area contributed by atoms with E-state index in [2.05, 4.69) is 0 Å². The average molecular weight is 531 g/mol. The highest BCUT2D eigenvalue weighted by atomic mass is 16.6. The summed E-state index contributed by atoms with van der Waals surface area (Å²) in [6.45, 7) is -0.0239. The molecule has 0 aliphatic carbocycles. The van der Waals surface area contributed by atoms with Crippen molar-refractivity contribution in [2.24, 2.45) is 0 Å². The molecule has 0 aromatic heterocycles. The lowest BCUT2D eigenvalue weighted by molar-refractivity contribution is -0.394. The molecule has 4 aromatic carbocycles. The van der Waals surface area contributed by atoms with Crippen LogP contribution in [-0.4, -0.2) is 20.7 Å². The van der Waals surface area contributed by atoms with Crippen LogP contribution in [0.4, 0.5) is 17.1 Å². The highest BCUT2D eigenvalue weighted by molar-refractivity contribution is 5.89. The largest absolute Gasteiger partial charge is 0.457 e. The van der Waals surface area contributed by atoms with Crippen LogP contribution in [0.2, 0.25) is 0 Å². The van der Waals surface area contributed by atoms with Gasteiger partial charge in [-0.1, -0.05) is 12.1 Å². The first kappa shape index (κ1) is 26.2. The number of benzene rings is 4. The smallest absolute Gasteiger partial charge is 0.338 e. The Morgan fingerprint density at radius 1 is 0.615 bits per heavy atom. The molecule has 0 fully saturated rings. The summed E-state index contributed by atoms with van der Waals surface area (Å²) < 4.78 is 16.4. The zero-order valence-corrected chi connectivity index (χ0v) is 19.8. The molecule has 13 heteroatoms. The number of carbonyl (C=O) groups is 1. The van der Waals surface area contributed by atoms with E-state index in [0.29, 0.717) is 17.1 Å². The normalized spacial score (nSPS) is 10.4. The van der Waals surface area contributed by atoms with Gasteiger partial charge in [0.2, 0.25) is 5.75 Å². The molecular weight excluding hydrogens is 514 g/mol. The quantitative estimate of drug-likeness (QED) is 0.127. The van der Waals surface area contributed by atoms with Crippen LogP contribution in [0.15, 0.2) is 91.0 Å². The van der Waals surface area contributed by atoms with Gasteiger partial charge in [-0.25, -0.2) is 4.79 Å². The Labute approximate surface area is 219 Å². The van der Waals surface area contributed by atoms with Crippen molar-refractivity contribution in [2.75, 3.05) is 0 Å². The maximum atomic E-state index is 12.4. The van der Waals surface area contributed by atoms with E-state index in [4.69, 9.17) is 14.2 Å². The first-order valence-electron chi connectivity index (χ1n) is 11.1. The van der Waals surface area contributed by atoms with Crippen LogP contribution in [0.3, 0.4) is 0 Å². The maximum absolute atomic E-state index is 12.4. The lowest BCUT2D eigenvalue weighted by atomic mass is 10.2. The summed E-state index contributed by atoms with van der Waals surface area (Å²) in [6, 6.07) is 21.0. The number of nitro groups is 3. The number of hydrogen-bond donors (Lipinski definition) is 0. The summed E-state index contributed by atoms with van der Waals surface area (Å²) in [5.41, 5.74) is -0.172. The topological polar surface area (TPSA) is 174 Å². The van der Waals surface area contributed by atoms with Crippen LogP contribution in [0.25, 0.3) is 0 Å². The predicted molar refractivity (Wildman–Crippen MR) is 135 cm³/mol. The monoisotopic (exact) mass is 531 g/mol. The minimum Gasteiger partial charge on any atom is -0.457 e. The first-order chi connectivity index (χ1) is 18.7. The van der Waals surface area contributed by atoms with Gasteiger partial charge in [0.25, 0.3) is 11.4 Å². The van der Waals surface area contributed by atoms with Gasteiger partial charge < -0.3 is 14.2 Å². The Hall–Kier alpha value is -5.85. The van der Waals surface area contributed by atoms with Crippen molar-refractivity contribution in [3.8, 4) is 23.0 Å². The summed E-state index contributed by atoms with van der Waals surface area (Å²) in [6.07, 6.45) is 0. The van der Waals surface area contributed by atoms with Crippen LogP contribution in [0, 0.1) is 30.3 Å². The number of nitro benzene ring substituents is 3. The maximum Gasteiger partial charge on any atom is 0.338 e. The molecule has 39 heavy (non-hydrogen) atoms. The summed E-state index contributed by atoms with van der Waals surface area (Å²) in [7, 11) is 0. The molecule has 0 amide bonds. The Morgan fingerprint density at radius 2 is 1.13 bits per heavy atom. The van der Waals surface area contributed by atoms with Crippen molar-refractivity contribution in [2.45, 2.75) is 6.61 Å². The molecule has 0 unspecified atom stereocenters. The number of non-ortho nitro benzene ring substituents is 2. The second-order valence-corrected chi connectivity index (χ2v) is 7.87. The third-order valence-corrected chi connectivity index (χ3v) is 5.24. The molecule has 0 aliphatic heterocycles. The molecule has 0 atom stereocenters. The van der Waals surface area contributed by atoms with Crippen molar-refractivity contribution >= 4 is 23.0 Å². The van der Waals surface area contributed by atoms with E-state index in [9.17, 15) is 35.1 Å². The molecule has 0 N–H and O–H groups in total. The van der Waals surface area contributed by atoms with Gasteiger partial charge in [-0.2, -0.15) is 0 Å². The fourth-order valence-electron chi connectivity index (χ4n) is 3.29. The van der Waals surface area contributed by atoms with Gasteiger partial charge in [-0.15, -0.1) is 0 Å². The molecule has 4 rings (SSSR count). The molecule has 196 valence electrons. The third kappa shape index (κ3) is 6.68. The van der Waals surface area contributed by atoms with E-state index >= 15 is 0 Å². The fourth-order valence-corrected chi connectivity index (χ4v) is 3.29. The minimum absolute atomic E-state index is 0.0239. The van der Waals surface area contributed by atoms with Gasteiger partial charge in [0.1, 0.15) is 23.9 Å². The number of esters is 1. The molecule has 0 saturated heterocycles. The molecule has 0 aliphatic rings. The third-order valence-electron chi connectivity index (χ3n) is 5.24. The molecule has 4 aromatic rings. The fraction of sp³-hybridized carbons (Fsp3) is 0.0385. The number of ether oxygens (including phenoxy) is 3. The van der Waals surface area contributed by atoms with E-state index in [1.807, 2.05) is 0 Å². The van der Waals surface area contributed by atoms with E-state index in [-0.39, 0.29) is 29.4 Å². The lowest BCUT2D eigenvalue weighted by Crippen LogP contribution is -2.05. The number of carbonyl (C=O) groups excluding carboxylic acids is 1. The van der Waals surface area contributed by atoms with E-state index in [1.54, 1.807) is 24.3 Å². The zero-order chi connectivity index (χ0) is 27.9. The van der Waals surface area contributed by atoms with E-state index in [0.717, 1.165) is 18.2 Å². The SMILES string of the molecule is O=C(OCc1ccc(Oc2ccc([N+](=O)[O-])cc2)cc1)c1ccc(Oc2ccc([N+](=O)[O-])cc2[N+](=O)[O-])cc1. The zero-order valence-electron chi connectivity index (χ0n) is 19.8. The number of hydrogen-bond acceptors (Lipinski definition) is 10. The van der Waals surface area contributed by atoms with Crippen LogP contribution < -0.4 is 9.47 Å². The molecule has 0 spiro atoms. The number of rotatable bonds is 10. The molecule has 0 radical (unpaired) electrons. The molecule has 0 saturated carbocycles. The van der Waals surface area contributed by atoms with Gasteiger partial charge in [-0.05, 0) is 60.2 Å². The van der Waals surface area contributed by atoms with Crippen molar-refractivity contribution in [1.82, 2.24) is 0 Å². The van der Waals surface area contributed by atoms with E-state index in [1.165, 1.54) is 48.5 Å². The van der Waals surface area contributed by atoms with Gasteiger partial charge in [0.05, 0.1) is 26.4 Å². The van der Waals surface area contributed by atoms with Gasteiger partial charge in [-0.3, -0.25) is 30.3 Å². The van der Waals surface area contributed by atoms with Crippen LogP contribution in [-0.2, 0) is 11.3 Å². The molecule has 0 heterocycles. The average Bonchev–Trinajstić information content (AvgIpc) is 2.93. The second kappa shape index (κ2) is 11.5. The van der Waals surface area contributed by atoms with Crippen molar-refractivity contribution < 1.29 is 33.8 Å². The number of nitrogens with zero attached hydrogens (tertiary/aromatic N) is 3. The summed E-state index contributed by atoms with van der Waals surface area (Å²) in [5.74, 6) is 0.279. The Bertz CT molecular complexity index is 1540. The summed E-state index contributed by atoms with van der Waals surface area (Å²) in [4.78, 5) is 43.3. The highest BCUT2D eigenvalue weighted by Crippen LogP contribution is 2.34. The lowest BCUT2D eigenvalue weighted by Gasteiger charge is -2.09. The molecule has 0 bridgehead atoms. The van der Waals surface area contributed by atoms with Crippen LogP contribution in [0.5, 0.6) is 23.0 Å². The molecule has 13 nitrogen and oxygen atoms in total. The Kier molecular flexibility index (Phi) is 7.71. The van der Waals surface area contributed by atoms with Gasteiger partial charge >= 0.3 is 11.7 Å².